The summed E-state index contributed by atoms with van der Waals surface area (Å²) in [5, 5.41) is 13.7. The van der Waals surface area contributed by atoms with Crippen molar-refractivity contribution in [1.29, 1.82) is 0 Å². The fourth-order valence-corrected chi connectivity index (χ4v) is 2.58. The number of benzene rings is 1. The van der Waals surface area contributed by atoms with Gasteiger partial charge in [-0.25, -0.2) is 13.6 Å². The van der Waals surface area contributed by atoms with Crippen LogP contribution in [0.15, 0.2) is 33.5 Å². The van der Waals surface area contributed by atoms with Crippen LogP contribution in [-0.4, -0.2) is 28.9 Å². The van der Waals surface area contributed by atoms with Gasteiger partial charge in [0.15, 0.2) is 0 Å². The Morgan fingerprint density at radius 1 is 1.21 bits per heavy atom. The second kappa shape index (κ2) is 9.26. The molecular weight excluding hydrogens is 390 g/mol. The van der Waals surface area contributed by atoms with Gasteiger partial charge in [0.2, 0.25) is 11.8 Å². The van der Waals surface area contributed by atoms with Crippen LogP contribution >= 0.6 is 0 Å². The number of carbonyl (C=O) groups excluding carboxylic acids is 2. The van der Waals surface area contributed by atoms with Crippen LogP contribution in [0.5, 0.6) is 0 Å². The highest BCUT2D eigenvalue weighted by Gasteiger charge is 2.24. The third-order valence-corrected chi connectivity index (χ3v) is 3.78. The molecule has 0 bridgehead atoms. The van der Waals surface area contributed by atoms with Gasteiger partial charge in [-0.2, -0.15) is 0 Å². The number of alkyl halides is 2. The molecule has 2 aromatic rings. The number of carboxylic acids is 1. The molecule has 2 amide bonds. The molecule has 0 spiro atoms. The summed E-state index contributed by atoms with van der Waals surface area (Å²) < 4.78 is 31.1. The molecule has 1 aromatic heterocycles. The first-order chi connectivity index (χ1) is 13.6. The Bertz CT molecular complexity index is 986. The van der Waals surface area contributed by atoms with Gasteiger partial charge in [0.25, 0.3) is 6.43 Å². The molecule has 0 aliphatic heterocycles. The quantitative estimate of drug-likeness (QED) is 0.575. The zero-order valence-electron chi connectivity index (χ0n) is 15.6. The van der Waals surface area contributed by atoms with Gasteiger partial charge in [-0.15, -0.1) is 0 Å². The normalized spacial score (nSPS) is 12.2. The Balaban J connectivity index is 2.26. The fraction of sp³-hybridized carbons (Fsp3) is 0.316. The molecule has 29 heavy (non-hydrogen) atoms. The topological polar surface area (TPSA) is 126 Å². The summed E-state index contributed by atoms with van der Waals surface area (Å²) in [7, 11) is 0. The highest BCUT2D eigenvalue weighted by atomic mass is 19.3. The van der Waals surface area contributed by atoms with Crippen molar-refractivity contribution in [3.05, 3.63) is 46.7 Å². The van der Waals surface area contributed by atoms with E-state index in [0.717, 1.165) is 0 Å². The minimum atomic E-state index is -2.89. The summed E-state index contributed by atoms with van der Waals surface area (Å²) >= 11 is 0. The molecule has 0 saturated heterocycles. The molecule has 0 saturated carbocycles. The van der Waals surface area contributed by atoms with Crippen molar-refractivity contribution < 1.29 is 32.7 Å². The Kier molecular flexibility index (Phi) is 7.03. The molecule has 1 radical (unpaired) electrons. The van der Waals surface area contributed by atoms with E-state index >= 15 is 0 Å². The predicted molar refractivity (Wildman–Crippen MR) is 99.4 cm³/mol. The zero-order chi connectivity index (χ0) is 21.7. The van der Waals surface area contributed by atoms with Crippen molar-refractivity contribution in [2.45, 2.75) is 32.7 Å². The first kappa shape index (κ1) is 22.0. The average molecular weight is 409 g/mol. The van der Waals surface area contributed by atoms with Gasteiger partial charge < -0.3 is 20.2 Å². The Morgan fingerprint density at radius 3 is 2.48 bits per heavy atom. The molecule has 8 nitrogen and oxygen atoms in total. The lowest BCUT2D eigenvalue weighted by Crippen LogP contribution is -2.45. The van der Waals surface area contributed by atoms with Crippen LogP contribution in [0.4, 0.5) is 14.5 Å². The van der Waals surface area contributed by atoms with Crippen molar-refractivity contribution in [3.8, 4) is 0 Å². The summed E-state index contributed by atoms with van der Waals surface area (Å²) in [6.07, 6.45) is -2.27. The van der Waals surface area contributed by atoms with Crippen LogP contribution in [0.2, 0.25) is 0 Å². The summed E-state index contributed by atoms with van der Waals surface area (Å²) in [6.45, 7) is 3.48. The number of anilines is 1. The molecule has 155 valence electrons. The van der Waals surface area contributed by atoms with Crippen molar-refractivity contribution in [3.63, 3.8) is 0 Å². The number of hydrogen-bond acceptors (Lipinski definition) is 5. The number of halogens is 2. The number of fused-ring (bicyclic) bond motifs is 1. The van der Waals surface area contributed by atoms with Crippen molar-refractivity contribution in [1.82, 2.24) is 5.32 Å². The number of rotatable bonds is 8. The number of aliphatic carboxylic acids is 1. The van der Waals surface area contributed by atoms with E-state index < -0.39 is 47.9 Å². The lowest BCUT2D eigenvalue weighted by atomic mass is 10.1. The van der Waals surface area contributed by atoms with Gasteiger partial charge in [0.05, 0.1) is 12.8 Å². The van der Waals surface area contributed by atoms with Gasteiger partial charge in [0, 0.05) is 28.8 Å². The van der Waals surface area contributed by atoms with Gasteiger partial charge in [-0.05, 0) is 18.1 Å². The smallest absolute Gasteiger partial charge is 0.336 e. The number of nitrogens with one attached hydrogen (secondary N) is 2. The molecule has 1 atom stereocenters. The zero-order valence-corrected chi connectivity index (χ0v) is 15.6. The third-order valence-electron chi connectivity index (χ3n) is 3.78. The second-order valence-electron chi connectivity index (χ2n) is 6.59. The number of hydrogen-bond donors (Lipinski definition) is 3. The van der Waals surface area contributed by atoms with E-state index in [1.165, 1.54) is 24.6 Å². The van der Waals surface area contributed by atoms with Crippen LogP contribution in [0.3, 0.4) is 0 Å². The molecule has 0 fully saturated rings. The van der Waals surface area contributed by atoms with E-state index in [1.54, 1.807) is 13.8 Å². The van der Waals surface area contributed by atoms with Gasteiger partial charge in [-0.3, -0.25) is 14.4 Å². The first-order valence-electron chi connectivity index (χ1n) is 8.60. The molecular formula is C19H19F2N2O6. The van der Waals surface area contributed by atoms with E-state index in [0.29, 0.717) is 6.07 Å². The molecule has 2 rings (SSSR count). The third kappa shape index (κ3) is 6.09. The molecule has 1 heterocycles. The predicted octanol–water partition coefficient (Wildman–Crippen LogP) is 2.49. The maximum absolute atomic E-state index is 13.1. The lowest BCUT2D eigenvalue weighted by Gasteiger charge is -2.17. The van der Waals surface area contributed by atoms with Gasteiger partial charge in [-0.1, -0.05) is 13.8 Å². The van der Waals surface area contributed by atoms with Crippen molar-refractivity contribution in [2.75, 3.05) is 5.32 Å². The SMILES string of the molecule is CC(C)[CH]C(=O)N[C@@H](CC(=O)O)C(=O)Nc1ccc2c(C(F)F)cc(=O)oc2c1. The molecule has 0 unspecified atom stereocenters. The second-order valence-corrected chi connectivity index (χ2v) is 6.59. The molecule has 1 aromatic carbocycles. The molecule has 0 aliphatic carbocycles. The average Bonchev–Trinajstić information content (AvgIpc) is 2.58. The van der Waals surface area contributed by atoms with E-state index in [-0.39, 0.29) is 22.6 Å². The van der Waals surface area contributed by atoms with Crippen LogP contribution in [0, 0.1) is 12.3 Å². The summed E-state index contributed by atoms with van der Waals surface area (Å²) in [6, 6.07) is 3.03. The van der Waals surface area contributed by atoms with E-state index in [9.17, 15) is 28.0 Å². The number of carbonyl (C=O) groups is 3. The van der Waals surface area contributed by atoms with E-state index in [4.69, 9.17) is 9.52 Å². The highest BCUT2D eigenvalue weighted by molar-refractivity contribution is 6.01. The summed E-state index contributed by atoms with van der Waals surface area (Å²) in [4.78, 5) is 46.8. The van der Waals surface area contributed by atoms with Crippen LogP contribution < -0.4 is 16.3 Å². The number of carboxylic acid groups (broad SMARTS) is 1. The monoisotopic (exact) mass is 409 g/mol. The first-order valence-corrected chi connectivity index (χ1v) is 8.60. The van der Waals surface area contributed by atoms with E-state index in [1.807, 2.05) is 0 Å². The maximum Gasteiger partial charge on any atom is 0.336 e. The molecule has 10 heteroatoms. The summed E-state index contributed by atoms with van der Waals surface area (Å²) in [5.74, 6) is -2.85. The Labute approximate surface area is 163 Å². The van der Waals surface area contributed by atoms with Crippen LogP contribution in [0.1, 0.15) is 32.3 Å². The lowest BCUT2D eigenvalue weighted by molar-refractivity contribution is -0.139. The Hall–Kier alpha value is -3.30. The van der Waals surface area contributed by atoms with E-state index in [2.05, 4.69) is 10.6 Å². The largest absolute Gasteiger partial charge is 0.481 e. The standard InChI is InChI=1S/C19H19F2N2O6/c1-9(2)5-15(24)23-13(8-16(25)26)19(28)22-10-3-4-11-12(18(20)21)7-17(27)29-14(11)6-10/h3-7,9,13,18H,8H2,1-2H3,(H,22,28)(H,23,24)(H,25,26)/t13-/m0/s1. The minimum Gasteiger partial charge on any atom is -0.481 e. The Morgan fingerprint density at radius 2 is 1.90 bits per heavy atom. The number of amides is 2. The minimum absolute atomic E-state index is 0.000443. The highest BCUT2D eigenvalue weighted by Crippen LogP contribution is 2.28. The van der Waals surface area contributed by atoms with Gasteiger partial charge >= 0.3 is 11.6 Å². The van der Waals surface area contributed by atoms with Crippen LogP contribution in [0.25, 0.3) is 11.0 Å². The summed E-state index contributed by atoms with van der Waals surface area (Å²) in [5.41, 5.74) is -1.57. The van der Waals surface area contributed by atoms with Crippen molar-refractivity contribution in [2.24, 2.45) is 5.92 Å². The molecule has 0 aliphatic rings. The van der Waals surface area contributed by atoms with Gasteiger partial charge in [0.1, 0.15) is 11.6 Å². The van der Waals surface area contributed by atoms with Crippen molar-refractivity contribution >= 4 is 34.4 Å². The maximum atomic E-state index is 13.1. The van der Waals surface area contributed by atoms with Crippen LogP contribution in [-0.2, 0) is 14.4 Å². The molecule has 3 N–H and O–H groups in total. The fourth-order valence-electron chi connectivity index (χ4n) is 2.58.